The number of carbonyl (C=O) groups excluding carboxylic acids is 4. The van der Waals surface area contributed by atoms with E-state index in [9.17, 15) is 24.4 Å². The predicted molar refractivity (Wildman–Crippen MR) is 115 cm³/mol. The zero-order chi connectivity index (χ0) is 24.5. The summed E-state index contributed by atoms with van der Waals surface area (Å²) in [5.41, 5.74) is 0.411. The molecule has 1 aromatic carbocycles. The molecule has 0 aliphatic heterocycles. The summed E-state index contributed by atoms with van der Waals surface area (Å²) in [6, 6.07) is 6.46. The highest BCUT2D eigenvalue weighted by molar-refractivity contribution is 5.93. The number of alkyl carbamates (subject to hydrolysis) is 1. The van der Waals surface area contributed by atoms with Crippen molar-refractivity contribution in [3.05, 3.63) is 35.4 Å². The van der Waals surface area contributed by atoms with Crippen LogP contribution in [0, 0.1) is 18.3 Å². The van der Waals surface area contributed by atoms with Gasteiger partial charge in [-0.3, -0.25) is 14.4 Å². The Kier molecular flexibility index (Phi) is 9.66. The van der Waals surface area contributed by atoms with Crippen LogP contribution in [0.15, 0.2) is 24.3 Å². The molecule has 0 heterocycles. The van der Waals surface area contributed by atoms with Crippen molar-refractivity contribution in [2.75, 3.05) is 20.2 Å². The van der Waals surface area contributed by atoms with E-state index in [0.29, 0.717) is 11.1 Å². The second-order valence-electron chi connectivity index (χ2n) is 8.05. The first kappa shape index (κ1) is 26.4. The van der Waals surface area contributed by atoms with Gasteiger partial charge in [-0.1, -0.05) is 24.3 Å². The first-order valence-corrected chi connectivity index (χ1v) is 9.98. The SMILES string of the molecule is COC(=O)CNC(=O)C(c1ccccc1C)N(CC#N)C(=O)C(C)NC(=O)OC(C)(C)C. The molecule has 0 spiro atoms. The molecule has 2 unspecified atom stereocenters. The lowest BCUT2D eigenvalue weighted by Gasteiger charge is -2.32. The van der Waals surface area contributed by atoms with E-state index in [-0.39, 0.29) is 0 Å². The van der Waals surface area contributed by atoms with Gasteiger partial charge < -0.3 is 25.0 Å². The number of rotatable bonds is 8. The van der Waals surface area contributed by atoms with Gasteiger partial charge in [-0.2, -0.15) is 5.26 Å². The van der Waals surface area contributed by atoms with Crippen molar-refractivity contribution in [3.63, 3.8) is 0 Å². The molecule has 1 aromatic rings. The normalized spacial score (nSPS) is 12.5. The molecule has 174 valence electrons. The van der Waals surface area contributed by atoms with Gasteiger partial charge in [0.25, 0.3) is 0 Å². The molecule has 1 rings (SSSR count). The minimum Gasteiger partial charge on any atom is -0.468 e. The Morgan fingerprint density at radius 2 is 1.81 bits per heavy atom. The van der Waals surface area contributed by atoms with Crippen molar-refractivity contribution in [2.45, 2.75) is 52.3 Å². The summed E-state index contributed by atoms with van der Waals surface area (Å²) in [6.07, 6.45) is -0.808. The van der Waals surface area contributed by atoms with E-state index in [2.05, 4.69) is 15.4 Å². The van der Waals surface area contributed by atoms with Gasteiger partial charge >= 0.3 is 12.1 Å². The first-order valence-electron chi connectivity index (χ1n) is 9.98. The molecule has 0 radical (unpaired) electrons. The van der Waals surface area contributed by atoms with Gasteiger partial charge in [-0.05, 0) is 45.7 Å². The molecule has 0 saturated carbocycles. The average molecular weight is 447 g/mol. The maximum absolute atomic E-state index is 13.2. The van der Waals surface area contributed by atoms with Crippen LogP contribution in [-0.2, 0) is 23.9 Å². The predicted octanol–water partition coefficient (Wildman–Crippen LogP) is 1.59. The molecule has 10 nitrogen and oxygen atoms in total. The van der Waals surface area contributed by atoms with E-state index in [1.165, 1.54) is 14.0 Å². The number of nitrogens with one attached hydrogen (secondary N) is 2. The van der Waals surface area contributed by atoms with E-state index in [1.807, 2.05) is 6.07 Å². The highest BCUT2D eigenvalue weighted by atomic mass is 16.6. The lowest BCUT2D eigenvalue weighted by Crippen LogP contribution is -2.52. The molecular weight excluding hydrogens is 416 g/mol. The number of methoxy groups -OCH3 is 1. The van der Waals surface area contributed by atoms with Crippen molar-refractivity contribution >= 4 is 23.9 Å². The summed E-state index contributed by atoms with van der Waals surface area (Å²) in [7, 11) is 1.18. The maximum atomic E-state index is 13.2. The Morgan fingerprint density at radius 3 is 2.34 bits per heavy atom. The summed E-state index contributed by atoms with van der Waals surface area (Å²) >= 11 is 0. The average Bonchev–Trinajstić information content (AvgIpc) is 2.70. The summed E-state index contributed by atoms with van der Waals surface area (Å²) in [5.74, 6) is -2.00. The van der Waals surface area contributed by atoms with Crippen molar-refractivity contribution in [1.29, 1.82) is 5.26 Å². The smallest absolute Gasteiger partial charge is 0.408 e. The molecule has 0 aliphatic carbocycles. The number of aryl methyl sites for hydroxylation is 1. The maximum Gasteiger partial charge on any atom is 0.408 e. The van der Waals surface area contributed by atoms with Crippen molar-refractivity contribution in [2.24, 2.45) is 0 Å². The first-order chi connectivity index (χ1) is 14.9. The van der Waals surface area contributed by atoms with Crippen LogP contribution in [0.3, 0.4) is 0 Å². The van der Waals surface area contributed by atoms with Gasteiger partial charge in [0, 0.05) is 0 Å². The fraction of sp³-hybridized carbons (Fsp3) is 0.500. The van der Waals surface area contributed by atoms with Crippen molar-refractivity contribution in [3.8, 4) is 6.07 Å². The van der Waals surface area contributed by atoms with Crippen LogP contribution < -0.4 is 10.6 Å². The summed E-state index contributed by atoms with van der Waals surface area (Å²) in [6.45, 7) is 7.40. The zero-order valence-electron chi connectivity index (χ0n) is 19.2. The molecule has 2 atom stereocenters. The van der Waals surface area contributed by atoms with Gasteiger partial charge in [0.2, 0.25) is 11.8 Å². The Hall–Kier alpha value is -3.61. The van der Waals surface area contributed by atoms with Crippen molar-refractivity contribution in [1.82, 2.24) is 15.5 Å². The number of carbonyl (C=O) groups is 4. The quantitative estimate of drug-likeness (QED) is 0.457. The van der Waals surface area contributed by atoms with Gasteiger partial charge in [-0.15, -0.1) is 0 Å². The van der Waals surface area contributed by atoms with E-state index in [0.717, 1.165) is 4.90 Å². The molecule has 2 N–H and O–H groups in total. The Labute approximate surface area is 187 Å². The van der Waals surface area contributed by atoms with Crippen LogP contribution in [0.1, 0.15) is 44.9 Å². The minimum absolute atomic E-state index is 0.405. The number of ether oxygens (including phenoxy) is 2. The molecule has 0 aromatic heterocycles. The van der Waals surface area contributed by atoms with Gasteiger partial charge in [-0.25, -0.2) is 4.79 Å². The van der Waals surface area contributed by atoms with Gasteiger partial charge in [0.05, 0.1) is 13.2 Å². The van der Waals surface area contributed by atoms with Crippen LogP contribution in [0.5, 0.6) is 0 Å². The fourth-order valence-corrected chi connectivity index (χ4v) is 2.84. The van der Waals surface area contributed by atoms with Crippen LogP contribution in [0.25, 0.3) is 0 Å². The third kappa shape index (κ3) is 7.91. The highest BCUT2D eigenvalue weighted by Gasteiger charge is 2.35. The Balaban J connectivity index is 3.26. The molecule has 32 heavy (non-hydrogen) atoms. The Bertz CT molecular complexity index is 887. The molecule has 0 fully saturated rings. The van der Waals surface area contributed by atoms with Crippen LogP contribution in [0.2, 0.25) is 0 Å². The standard InChI is InChI=1S/C22H30N4O6/c1-14-9-7-8-10-16(14)18(19(28)24-13-17(27)31-6)26(12-11-23)20(29)15(2)25-21(30)32-22(3,4)5/h7-10,15,18H,12-13H2,1-6H3,(H,24,28)(H,25,30). The molecular formula is C22H30N4O6. The van der Waals surface area contributed by atoms with E-state index in [1.54, 1.807) is 52.0 Å². The van der Waals surface area contributed by atoms with Gasteiger partial charge in [0.1, 0.15) is 30.8 Å². The lowest BCUT2D eigenvalue weighted by atomic mass is 9.98. The van der Waals surface area contributed by atoms with Crippen LogP contribution >= 0.6 is 0 Å². The summed E-state index contributed by atoms with van der Waals surface area (Å²) < 4.78 is 9.71. The second-order valence-corrected chi connectivity index (χ2v) is 8.05. The molecule has 0 aliphatic rings. The van der Waals surface area contributed by atoms with Crippen molar-refractivity contribution < 1.29 is 28.7 Å². The fourth-order valence-electron chi connectivity index (χ4n) is 2.84. The monoisotopic (exact) mass is 446 g/mol. The van der Waals surface area contributed by atoms with Crippen LogP contribution in [-0.4, -0.2) is 60.6 Å². The number of hydrogen-bond donors (Lipinski definition) is 2. The molecule has 0 saturated heterocycles. The largest absolute Gasteiger partial charge is 0.468 e. The van der Waals surface area contributed by atoms with Gasteiger partial charge in [0.15, 0.2) is 0 Å². The minimum atomic E-state index is -1.21. The van der Waals surface area contributed by atoms with E-state index < -0.39 is 54.7 Å². The Morgan fingerprint density at radius 1 is 1.19 bits per heavy atom. The number of nitriles is 1. The topological polar surface area (TPSA) is 138 Å². The number of esters is 1. The highest BCUT2D eigenvalue weighted by Crippen LogP contribution is 2.25. The summed E-state index contributed by atoms with van der Waals surface area (Å²) in [5, 5.41) is 14.2. The lowest BCUT2D eigenvalue weighted by molar-refractivity contribution is -0.144. The zero-order valence-corrected chi connectivity index (χ0v) is 19.2. The molecule has 3 amide bonds. The van der Waals surface area contributed by atoms with Crippen LogP contribution in [0.4, 0.5) is 4.79 Å². The van der Waals surface area contributed by atoms with E-state index >= 15 is 0 Å². The number of amides is 3. The number of benzene rings is 1. The third-order valence-electron chi connectivity index (χ3n) is 4.31. The summed E-state index contributed by atoms with van der Waals surface area (Å²) in [4.78, 5) is 50.9. The number of nitrogens with zero attached hydrogens (tertiary/aromatic N) is 2. The van der Waals surface area contributed by atoms with E-state index in [4.69, 9.17) is 4.74 Å². The third-order valence-corrected chi connectivity index (χ3v) is 4.31. The number of hydrogen-bond acceptors (Lipinski definition) is 7. The second kappa shape index (κ2) is 11.7. The molecule has 10 heteroatoms. The molecule has 0 bridgehead atoms.